The summed E-state index contributed by atoms with van der Waals surface area (Å²) in [6, 6.07) is 9.33. The van der Waals surface area contributed by atoms with Crippen LogP contribution in [0.5, 0.6) is 0 Å². The fourth-order valence-electron chi connectivity index (χ4n) is 3.51. The van der Waals surface area contributed by atoms with Crippen molar-refractivity contribution in [2.24, 2.45) is 0 Å². The van der Waals surface area contributed by atoms with Gasteiger partial charge in [-0.15, -0.1) is 0 Å². The fourth-order valence-corrected chi connectivity index (χ4v) is 3.51. The summed E-state index contributed by atoms with van der Waals surface area (Å²) in [7, 11) is 0. The van der Waals surface area contributed by atoms with Gasteiger partial charge in [-0.1, -0.05) is 24.3 Å². The van der Waals surface area contributed by atoms with Crippen molar-refractivity contribution in [3.05, 3.63) is 35.4 Å². The van der Waals surface area contributed by atoms with Crippen LogP contribution in [0.4, 0.5) is 0 Å². The lowest BCUT2D eigenvalue weighted by molar-refractivity contribution is 0.0324. The van der Waals surface area contributed by atoms with Gasteiger partial charge in [0.05, 0.1) is 6.10 Å². The van der Waals surface area contributed by atoms with E-state index in [-0.39, 0.29) is 6.10 Å². The molecule has 3 atom stereocenters. The predicted molar refractivity (Wildman–Crippen MR) is 68.9 cm³/mol. The maximum atomic E-state index is 10.6. The Bertz CT molecular complexity index is 404. The van der Waals surface area contributed by atoms with Gasteiger partial charge in [0.25, 0.3) is 0 Å². The highest BCUT2D eigenvalue weighted by atomic mass is 16.3. The standard InChI is InChI=1S/C15H21NO/c1-11-5-4-10-16(11)14-9-8-12-6-2-3-7-13(12)15(14)17/h2-3,6-7,11,14-15,17H,4-5,8-10H2,1H3. The van der Waals surface area contributed by atoms with Crippen LogP contribution >= 0.6 is 0 Å². The zero-order valence-corrected chi connectivity index (χ0v) is 10.5. The Kier molecular flexibility index (Phi) is 2.93. The molecule has 17 heavy (non-hydrogen) atoms. The van der Waals surface area contributed by atoms with Crippen LogP contribution in [0, 0.1) is 0 Å². The van der Waals surface area contributed by atoms with Gasteiger partial charge in [-0.3, -0.25) is 4.90 Å². The molecule has 1 aromatic carbocycles. The van der Waals surface area contributed by atoms with Crippen LogP contribution in [0.15, 0.2) is 24.3 Å². The van der Waals surface area contributed by atoms with Crippen molar-refractivity contribution in [2.45, 2.75) is 50.8 Å². The van der Waals surface area contributed by atoms with Crippen LogP contribution < -0.4 is 0 Å². The summed E-state index contributed by atoms with van der Waals surface area (Å²) in [4.78, 5) is 2.51. The van der Waals surface area contributed by atoms with Gasteiger partial charge in [0, 0.05) is 12.1 Å². The summed E-state index contributed by atoms with van der Waals surface area (Å²) in [6.45, 7) is 3.45. The Balaban J connectivity index is 1.86. The van der Waals surface area contributed by atoms with Gasteiger partial charge in [0.1, 0.15) is 0 Å². The van der Waals surface area contributed by atoms with E-state index in [1.54, 1.807) is 0 Å². The van der Waals surface area contributed by atoms with Crippen LogP contribution in [0.3, 0.4) is 0 Å². The quantitative estimate of drug-likeness (QED) is 0.803. The Labute approximate surface area is 103 Å². The molecule has 2 heteroatoms. The molecule has 92 valence electrons. The number of likely N-dealkylation sites (tertiary alicyclic amines) is 1. The van der Waals surface area contributed by atoms with E-state index in [2.05, 4.69) is 30.0 Å². The second-order valence-corrected chi connectivity index (χ2v) is 5.48. The minimum Gasteiger partial charge on any atom is -0.387 e. The summed E-state index contributed by atoms with van der Waals surface area (Å²) in [6.07, 6.45) is 4.49. The lowest BCUT2D eigenvalue weighted by atomic mass is 9.85. The molecule has 0 spiro atoms. The Hall–Kier alpha value is -0.860. The van der Waals surface area contributed by atoms with Crippen molar-refractivity contribution in [1.29, 1.82) is 0 Å². The van der Waals surface area contributed by atoms with Gasteiger partial charge >= 0.3 is 0 Å². The number of nitrogens with zero attached hydrogens (tertiary/aromatic N) is 1. The summed E-state index contributed by atoms with van der Waals surface area (Å²) in [5, 5.41) is 10.6. The molecule has 1 aliphatic carbocycles. The molecule has 3 rings (SSSR count). The third-order valence-electron chi connectivity index (χ3n) is 4.48. The first-order valence-electron chi connectivity index (χ1n) is 6.79. The zero-order valence-electron chi connectivity index (χ0n) is 10.5. The molecule has 1 heterocycles. The molecule has 0 saturated carbocycles. The smallest absolute Gasteiger partial charge is 0.0948 e. The maximum Gasteiger partial charge on any atom is 0.0948 e. The largest absolute Gasteiger partial charge is 0.387 e. The topological polar surface area (TPSA) is 23.5 Å². The van der Waals surface area contributed by atoms with Crippen molar-refractivity contribution >= 4 is 0 Å². The van der Waals surface area contributed by atoms with E-state index in [1.165, 1.54) is 18.4 Å². The van der Waals surface area contributed by atoms with Crippen molar-refractivity contribution in [3.63, 3.8) is 0 Å². The van der Waals surface area contributed by atoms with E-state index >= 15 is 0 Å². The summed E-state index contributed by atoms with van der Waals surface area (Å²) < 4.78 is 0. The molecule has 1 aromatic rings. The van der Waals surface area contributed by atoms with E-state index in [0.717, 1.165) is 24.9 Å². The van der Waals surface area contributed by atoms with E-state index in [0.29, 0.717) is 12.1 Å². The molecule has 0 bridgehead atoms. The Morgan fingerprint density at radius 3 is 2.82 bits per heavy atom. The summed E-state index contributed by atoms with van der Waals surface area (Å²) >= 11 is 0. The molecule has 1 aliphatic heterocycles. The van der Waals surface area contributed by atoms with E-state index in [1.807, 2.05) is 6.07 Å². The number of rotatable bonds is 1. The number of aryl methyl sites for hydroxylation is 1. The van der Waals surface area contributed by atoms with Gasteiger partial charge in [-0.05, 0) is 50.3 Å². The van der Waals surface area contributed by atoms with Crippen LogP contribution in [-0.2, 0) is 6.42 Å². The van der Waals surface area contributed by atoms with Crippen LogP contribution in [0.1, 0.15) is 43.4 Å². The van der Waals surface area contributed by atoms with Gasteiger partial charge in [0.15, 0.2) is 0 Å². The SMILES string of the molecule is CC1CCCN1C1CCc2ccccc2C1O. The van der Waals surface area contributed by atoms with Crippen LogP contribution in [0.2, 0.25) is 0 Å². The van der Waals surface area contributed by atoms with Crippen molar-refractivity contribution < 1.29 is 5.11 Å². The number of aliphatic hydroxyl groups excluding tert-OH is 1. The van der Waals surface area contributed by atoms with Crippen LogP contribution in [-0.4, -0.2) is 28.6 Å². The van der Waals surface area contributed by atoms with E-state index in [4.69, 9.17) is 0 Å². The van der Waals surface area contributed by atoms with Gasteiger partial charge in [-0.2, -0.15) is 0 Å². The van der Waals surface area contributed by atoms with Gasteiger partial charge < -0.3 is 5.11 Å². The van der Waals surface area contributed by atoms with E-state index in [9.17, 15) is 5.11 Å². The summed E-state index contributed by atoms with van der Waals surface area (Å²) in [5.41, 5.74) is 2.49. The number of aliphatic hydroxyl groups is 1. The molecular weight excluding hydrogens is 210 g/mol. The highest BCUT2D eigenvalue weighted by molar-refractivity contribution is 5.32. The first kappa shape index (κ1) is 11.2. The second-order valence-electron chi connectivity index (χ2n) is 5.48. The molecule has 1 fully saturated rings. The number of hydrogen-bond donors (Lipinski definition) is 1. The molecule has 0 aromatic heterocycles. The summed E-state index contributed by atoms with van der Waals surface area (Å²) in [5.74, 6) is 0. The average molecular weight is 231 g/mol. The molecule has 0 amide bonds. The maximum absolute atomic E-state index is 10.6. The zero-order chi connectivity index (χ0) is 11.8. The number of hydrogen-bond acceptors (Lipinski definition) is 2. The van der Waals surface area contributed by atoms with Crippen LogP contribution in [0.25, 0.3) is 0 Å². The Morgan fingerprint density at radius 2 is 2.06 bits per heavy atom. The lowest BCUT2D eigenvalue weighted by Gasteiger charge is -2.38. The molecule has 1 N–H and O–H groups in total. The Morgan fingerprint density at radius 1 is 1.24 bits per heavy atom. The second kappa shape index (κ2) is 4.43. The molecule has 2 nitrogen and oxygen atoms in total. The monoisotopic (exact) mass is 231 g/mol. The third-order valence-corrected chi connectivity index (χ3v) is 4.48. The predicted octanol–water partition coefficient (Wildman–Crippen LogP) is 2.52. The fraction of sp³-hybridized carbons (Fsp3) is 0.600. The minimum atomic E-state index is -0.291. The minimum absolute atomic E-state index is 0.291. The van der Waals surface area contributed by atoms with Crippen molar-refractivity contribution in [1.82, 2.24) is 4.90 Å². The molecule has 3 unspecified atom stereocenters. The first-order valence-corrected chi connectivity index (χ1v) is 6.79. The molecular formula is C15H21NO. The number of fused-ring (bicyclic) bond motifs is 1. The molecule has 2 aliphatic rings. The molecule has 0 radical (unpaired) electrons. The highest BCUT2D eigenvalue weighted by Crippen LogP contribution is 2.35. The van der Waals surface area contributed by atoms with Crippen molar-refractivity contribution in [3.8, 4) is 0 Å². The lowest BCUT2D eigenvalue weighted by Crippen LogP contribution is -2.43. The van der Waals surface area contributed by atoms with E-state index < -0.39 is 0 Å². The highest BCUT2D eigenvalue weighted by Gasteiger charge is 2.35. The molecule has 1 saturated heterocycles. The first-order chi connectivity index (χ1) is 8.27. The normalized spacial score (nSPS) is 33.6. The average Bonchev–Trinajstić information content (AvgIpc) is 2.76. The van der Waals surface area contributed by atoms with Gasteiger partial charge in [-0.25, -0.2) is 0 Å². The van der Waals surface area contributed by atoms with Gasteiger partial charge in [0.2, 0.25) is 0 Å². The van der Waals surface area contributed by atoms with Crippen molar-refractivity contribution in [2.75, 3.05) is 6.54 Å². The number of benzene rings is 1. The third kappa shape index (κ3) is 1.90.